The predicted molar refractivity (Wildman–Crippen MR) is 110 cm³/mol. The van der Waals surface area contributed by atoms with Crippen LogP contribution in [0.5, 0.6) is 5.75 Å². The third-order valence-corrected chi connectivity index (χ3v) is 4.85. The largest absolute Gasteiger partial charge is 0.503 e. The average Bonchev–Trinajstić information content (AvgIpc) is 2.74. The fraction of sp³-hybridized carbons (Fsp3) is 0.182. The van der Waals surface area contributed by atoms with E-state index in [0.29, 0.717) is 22.5 Å². The first-order valence-electron chi connectivity index (χ1n) is 8.71. The van der Waals surface area contributed by atoms with Gasteiger partial charge in [-0.05, 0) is 35.7 Å². The van der Waals surface area contributed by atoms with E-state index in [1.54, 1.807) is 31.2 Å². The summed E-state index contributed by atoms with van der Waals surface area (Å²) in [6.07, 6.45) is 1.34. The molecule has 0 unspecified atom stereocenters. The monoisotopic (exact) mass is 414 g/mol. The highest BCUT2D eigenvalue weighted by Crippen LogP contribution is 2.27. The predicted octanol–water partition coefficient (Wildman–Crippen LogP) is 4.49. The number of halogens is 1. The molecule has 6 nitrogen and oxygen atoms in total. The van der Waals surface area contributed by atoms with Gasteiger partial charge in [-0.25, -0.2) is 9.59 Å². The lowest BCUT2D eigenvalue weighted by Crippen LogP contribution is -2.08. The molecule has 3 rings (SSSR count). The van der Waals surface area contributed by atoms with Gasteiger partial charge in [-0.15, -0.1) is 0 Å². The number of aryl methyl sites for hydroxylation is 1. The van der Waals surface area contributed by atoms with Crippen molar-refractivity contribution in [2.75, 3.05) is 14.2 Å². The molecule has 0 spiro atoms. The smallest absolute Gasteiger partial charge is 0.355 e. The Balaban J connectivity index is 1.91. The van der Waals surface area contributed by atoms with Crippen molar-refractivity contribution < 1.29 is 23.4 Å². The van der Waals surface area contributed by atoms with Gasteiger partial charge in [0, 0.05) is 11.5 Å². The Kier molecular flexibility index (Phi) is 6.24. The lowest BCUT2D eigenvalue weighted by molar-refractivity contribution is -0.133. The number of esters is 1. The van der Waals surface area contributed by atoms with Crippen LogP contribution in [-0.2, 0) is 20.9 Å². The van der Waals surface area contributed by atoms with Gasteiger partial charge in [0.15, 0.2) is 0 Å². The van der Waals surface area contributed by atoms with Gasteiger partial charge in [0.25, 0.3) is 0 Å². The van der Waals surface area contributed by atoms with E-state index in [4.69, 9.17) is 30.2 Å². The Morgan fingerprint density at radius 1 is 1.17 bits per heavy atom. The molecule has 0 fully saturated rings. The van der Waals surface area contributed by atoms with Gasteiger partial charge in [-0.1, -0.05) is 35.9 Å². The minimum atomic E-state index is -0.591. The normalized spacial score (nSPS) is 11.4. The number of hydrogen-bond acceptors (Lipinski definition) is 6. The molecule has 0 aliphatic heterocycles. The van der Waals surface area contributed by atoms with E-state index >= 15 is 0 Å². The first kappa shape index (κ1) is 20.5. The first-order chi connectivity index (χ1) is 14.0. The van der Waals surface area contributed by atoms with Crippen LogP contribution in [0.25, 0.3) is 16.5 Å². The number of carbonyl (C=O) groups excluding carboxylic acids is 1. The van der Waals surface area contributed by atoms with Crippen LogP contribution in [0, 0.1) is 6.92 Å². The molecule has 3 aromatic rings. The minimum Gasteiger partial charge on any atom is -0.503 e. The van der Waals surface area contributed by atoms with Gasteiger partial charge in [-0.2, -0.15) is 0 Å². The van der Waals surface area contributed by atoms with Crippen LogP contribution in [0.15, 0.2) is 57.9 Å². The second-order valence-corrected chi connectivity index (χ2v) is 6.57. The molecule has 7 heteroatoms. The topological polar surface area (TPSA) is 75.0 Å². The molecule has 0 bridgehead atoms. The third-order valence-electron chi connectivity index (χ3n) is 4.41. The zero-order valence-electron chi connectivity index (χ0n) is 16.2. The van der Waals surface area contributed by atoms with Crippen molar-refractivity contribution in [2.24, 2.45) is 0 Å². The SMILES string of the molecule is CO/C=C(\C(=O)OC)c1ccccc1COc1ccc2c(C)c(Cl)c(=O)oc2c1. The van der Waals surface area contributed by atoms with Crippen LogP contribution in [0.1, 0.15) is 16.7 Å². The Bertz CT molecular complexity index is 1150. The van der Waals surface area contributed by atoms with Crippen LogP contribution >= 0.6 is 11.6 Å². The van der Waals surface area contributed by atoms with Gasteiger partial charge >= 0.3 is 11.6 Å². The van der Waals surface area contributed by atoms with E-state index in [2.05, 4.69) is 0 Å². The highest BCUT2D eigenvalue weighted by molar-refractivity contribution is 6.31. The summed E-state index contributed by atoms with van der Waals surface area (Å²) in [7, 11) is 2.77. The lowest BCUT2D eigenvalue weighted by Gasteiger charge is -2.13. The first-order valence-corrected chi connectivity index (χ1v) is 9.09. The van der Waals surface area contributed by atoms with E-state index in [1.165, 1.54) is 20.5 Å². The molecule has 29 heavy (non-hydrogen) atoms. The Morgan fingerprint density at radius 2 is 1.93 bits per heavy atom. The van der Waals surface area contributed by atoms with Crippen molar-refractivity contribution in [3.05, 3.63) is 80.9 Å². The molecule has 0 saturated heterocycles. The van der Waals surface area contributed by atoms with Crippen molar-refractivity contribution in [3.63, 3.8) is 0 Å². The quantitative estimate of drug-likeness (QED) is 0.256. The summed E-state index contributed by atoms with van der Waals surface area (Å²) in [5.74, 6) is -0.00773. The number of hydrogen-bond donors (Lipinski definition) is 0. The highest BCUT2D eigenvalue weighted by atomic mass is 35.5. The molecule has 0 aliphatic rings. The van der Waals surface area contributed by atoms with E-state index in [-0.39, 0.29) is 17.2 Å². The molecular formula is C22H19ClO6. The van der Waals surface area contributed by atoms with Crippen molar-refractivity contribution in [3.8, 4) is 5.75 Å². The molecule has 1 aromatic heterocycles. The van der Waals surface area contributed by atoms with Crippen molar-refractivity contribution in [2.45, 2.75) is 13.5 Å². The van der Waals surface area contributed by atoms with E-state index in [0.717, 1.165) is 10.9 Å². The van der Waals surface area contributed by atoms with Crippen LogP contribution in [-0.4, -0.2) is 20.2 Å². The fourth-order valence-electron chi connectivity index (χ4n) is 2.92. The number of rotatable bonds is 6. The van der Waals surface area contributed by atoms with Gasteiger partial charge < -0.3 is 18.6 Å². The standard InChI is InChI=1S/C22H19ClO6/c1-13-16-9-8-15(10-19(16)29-22(25)20(13)23)28-11-14-6-4-5-7-17(14)18(12-26-2)21(24)27-3/h4-10,12H,11H2,1-3H3/b18-12-. The van der Waals surface area contributed by atoms with Gasteiger partial charge in [0.1, 0.15) is 28.5 Å². The van der Waals surface area contributed by atoms with Crippen LogP contribution in [0.2, 0.25) is 5.02 Å². The fourth-order valence-corrected chi connectivity index (χ4v) is 3.06. The molecular weight excluding hydrogens is 396 g/mol. The van der Waals surface area contributed by atoms with Crippen LogP contribution < -0.4 is 10.4 Å². The van der Waals surface area contributed by atoms with E-state index < -0.39 is 11.6 Å². The maximum absolute atomic E-state index is 12.1. The second-order valence-electron chi connectivity index (χ2n) is 6.19. The lowest BCUT2D eigenvalue weighted by atomic mass is 10.0. The third kappa shape index (κ3) is 4.27. The molecule has 0 aliphatic carbocycles. The summed E-state index contributed by atoms with van der Waals surface area (Å²) in [5.41, 5.74) is 2.13. The summed E-state index contributed by atoms with van der Waals surface area (Å²) in [4.78, 5) is 23.9. The Morgan fingerprint density at radius 3 is 2.66 bits per heavy atom. The molecule has 0 radical (unpaired) electrons. The second kappa shape index (κ2) is 8.84. The summed E-state index contributed by atoms with van der Waals surface area (Å²) in [5, 5.41) is 0.804. The molecule has 150 valence electrons. The molecule has 0 N–H and O–H groups in total. The van der Waals surface area contributed by atoms with Gasteiger partial charge in [-0.3, -0.25) is 0 Å². The molecule has 0 atom stereocenters. The maximum atomic E-state index is 12.1. The summed E-state index contributed by atoms with van der Waals surface area (Å²) in [6.45, 7) is 1.94. The van der Waals surface area contributed by atoms with E-state index in [1.807, 2.05) is 18.2 Å². The van der Waals surface area contributed by atoms with Crippen LogP contribution in [0.4, 0.5) is 0 Å². The number of ether oxygens (including phenoxy) is 3. The summed E-state index contributed by atoms with van der Waals surface area (Å²) < 4.78 is 21.0. The van der Waals surface area contributed by atoms with E-state index in [9.17, 15) is 9.59 Å². The highest BCUT2D eigenvalue weighted by Gasteiger charge is 2.17. The molecule has 0 amide bonds. The number of methoxy groups -OCH3 is 2. The number of fused-ring (bicyclic) bond motifs is 1. The average molecular weight is 415 g/mol. The maximum Gasteiger partial charge on any atom is 0.355 e. The Hall–Kier alpha value is -3.25. The van der Waals surface area contributed by atoms with Crippen molar-refractivity contribution in [1.82, 2.24) is 0 Å². The van der Waals surface area contributed by atoms with Crippen molar-refractivity contribution >= 4 is 34.1 Å². The minimum absolute atomic E-state index is 0.0698. The number of benzene rings is 2. The van der Waals surface area contributed by atoms with Crippen molar-refractivity contribution in [1.29, 1.82) is 0 Å². The van der Waals surface area contributed by atoms with Crippen LogP contribution in [0.3, 0.4) is 0 Å². The molecule has 1 heterocycles. The Labute approximate surface area is 172 Å². The molecule has 2 aromatic carbocycles. The number of carbonyl (C=O) groups is 1. The summed E-state index contributed by atoms with van der Waals surface area (Å²) in [6, 6.07) is 12.5. The van der Waals surface area contributed by atoms with Gasteiger partial charge in [0.05, 0.1) is 20.5 Å². The summed E-state index contributed by atoms with van der Waals surface area (Å²) >= 11 is 5.96. The zero-order valence-corrected chi connectivity index (χ0v) is 16.9. The molecule has 0 saturated carbocycles. The van der Waals surface area contributed by atoms with Gasteiger partial charge in [0.2, 0.25) is 0 Å². The zero-order chi connectivity index (χ0) is 21.0.